The topological polar surface area (TPSA) is 102 Å². The Labute approximate surface area is 200 Å². The number of carbonyl (C=O) groups is 4. The summed E-state index contributed by atoms with van der Waals surface area (Å²) in [5.74, 6) is -1.72. The number of rotatable bonds is 6. The van der Waals surface area contributed by atoms with Gasteiger partial charge in [0.05, 0.1) is 21.7 Å². The fourth-order valence-electron chi connectivity index (χ4n) is 2.93. The molecule has 4 amide bonds. The number of anilines is 1. The Morgan fingerprint density at radius 3 is 2.28 bits per heavy atom. The summed E-state index contributed by atoms with van der Waals surface area (Å²) in [7, 11) is 1.25. The zero-order chi connectivity index (χ0) is 23.4. The van der Waals surface area contributed by atoms with Gasteiger partial charge >= 0.3 is 12.0 Å². The van der Waals surface area contributed by atoms with Crippen molar-refractivity contribution in [2.75, 3.05) is 18.6 Å². The molecule has 0 spiro atoms. The number of halogens is 2. The van der Waals surface area contributed by atoms with Crippen molar-refractivity contribution in [3.63, 3.8) is 0 Å². The Hall–Kier alpha value is -2.98. The van der Waals surface area contributed by atoms with E-state index in [-0.39, 0.29) is 12.2 Å². The van der Waals surface area contributed by atoms with Crippen molar-refractivity contribution in [3.05, 3.63) is 62.0 Å². The molecule has 0 aliphatic carbocycles. The average Bonchev–Trinajstić information content (AvgIpc) is 2.76. The highest BCUT2D eigenvalue weighted by molar-refractivity contribution is 9.11. The number of urea groups is 1. The molecule has 2 aromatic rings. The number of ether oxygens (including phenoxy) is 2. The van der Waals surface area contributed by atoms with Crippen LogP contribution in [0.5, 0.6) is 5.75 Å². The lowest BCUT2D eigenvalue weighted by Crippen LogP contribution is -2.54. The zero-order valence-corrected chi connectivity index (χ0v) is 20.3. The molecule has 1 N–H and O–H groups in total. The number of nitrogens with one attached hydrogen (secondary N) is 1. The van der Waals surface area contributed by atoms with Crippen LogP contribution in [-0.4, -0.2) is 37.5 Å². The van der Waals surface area contributed by atoms with E-state index in [2.05, 4.69) is 41.9 Å². The van der Waals surface area contributed by atoms with Crippen molar-refractivity contribution >= 4 is 67.4 Å². The summed E-state index contributed by atoms with van der Waals surface area (Å²) < 4.78 is 10.9. The number of methoxy groups -OCH3 is 1. The number of carbonyl (C=O) groups excluding carboxylic acids is 4. The SMILES string of the molecule is CCc1ccc(N2C(=O)NC(=O)/C(=C/c3cc(Br)c(OCC(=O)OC)c(Br)c3)C2=O)cc1. The molecular weight excluding hydrogens is 548 g/mol. The second-order valence-electron chi connectivity index (χ2n) is 6.66. The number of aryl methyl sites for hydroxylation is 1. The number of hydrogen-bond donors (Lipinski definition) is 1. The lowest BCUT2D eigenvalue weighted by atomic mass is 10.1. The van der Waals surface area contributed by atoms with Crippen LogP contribution < -0.4 is 15.0 Å². The number of esters is 1. The maximum absolute atomic E-state index is 13.0. The van der Waals surface area contributed by atoms with Crippen LogP contribution in [0, 0.1) is 0 Å². The number of hydrogen-bond acceptors (Lipinski definition) is 6. The fraction of sp³-hybridized carbons (Fsp3) is 0.182. The van der Waals surface area contributed by atoms with E-state index in [9.17, 15) is 19.2 Å². The Balaban J connectivity index is 1.92. The minimum absolute atomic E-state index is 0.203. The van der Waals surface area contributed by atoms with Crippen molar-refractivity contribution < 1.29 is 28.7 Å². The Bertz CT molecular complexity index is 1100. The van der Waals surface area contributed by atoms with E-state index < -0.39 is 23.8 Å². The largest absolute Gasteiger partial charge is 0.480 e. The van der Waals surface area contributed by atoms with Gasteiger partial charge in [-0.1, -0.05) is 19.1 Å². The Morgan fingerprint density at radius 1 is 1.09 bits per heavy atom. The van der Waals surface area contributed by atoms with Gasteiger partial charge < -0.3 is 9.47 Å². The first kappa shape index (κ1) is 23.7. The van der Waals surface area contributed by atoms with E-state index in [4.69, 9.17) is 4.74 Å². The first-order valence-corrected chi connectivity index (χ1v) is 11.0. The van der Waals surface area contributed by atoms with Gasteiger partial charge in [-0.25, -0.2) is 14.5 Å². The minimum Gasteiger partial charge on any atom is -0.480 e. The molecule has 10 heteroatoms. The third kappa shape index (κ3) is 5.08. The van der Waals surface area contributed by atoms with E-state index in [0.717, 1.165) is 16.9 Å². The van der Waals surface area contributed by atoms with E-state index in [1.54, 1.807) is 24.3 Å². The lowest BCUT2D eigenvalue weighted by molar-refractivity contribution is -0.143. The van der Waals surface area contributed by atoms with Gasteiger partial charge in [0.25, 0.3) is 11.8 Å². The first-order chi connectivity index (χ1) is 15.2. The molecular formula is C22H18Br2N2O6. The van der Waals surface area contributed by atoms with Gasteiger partial charge in [0.1, 0.15) is 11.3 Å². The summed E-state index contributed by atoms with van der Waals surface area (Å²) >= 11 is 6.70. The lowest BCUT2D eigenvalue weighted by Gasteiger charge is -2.26. The second-order valence-corrected chi connectivity index (χ2v) is 8.37. The second kappa shape index (κ2) is 10.1. The summed E-state index contributed by atoms with van der Waals surface area (Å²) in [5.41, 5.74) is 1.70. The highest BCUT2D eigenvalue weighted by Gasteiger charge is 2.36. The van der Waals surface area contributed by atoms with Crippen LogP contribution in [0.4, 0.5) is 10.5 Å². The van der Waals surface area contributed by atoms with E-state index in [1.165, 1.54) is 13.2 Å². The molecule has 2 aromatic carbocycles. The van der Waals surface area contributed by atoms with Crippen LogP contribution in [0.25, 0.3) is 6.08 Å². The Kier molecular flexibility index (Phi) is 7.47. The van der Waals surface area contributed by atoms with Crippen molar-refractivity contribution in [3.8, 4) is 5.75 Å². The monoisotopic (exact) mass is 564 g/mol. The van der Waals surface area contributed by atoms with Gasteiger partial charge in [-0.05, 0) is 79.7 Å². The normalized spacial score (nSPS) is 15.1. The number of imide groups is 2. The molecule has 0 saturated carbocycles. The van der Waals surface area contributed by atoms with Crippen molar-refractivity contribution in [1.82, 2.24) is 5.32 Å². The molecule has 1 heterocycles. The summed E-state index contributed by atoms with van der Waals surface area (Å²) in [6.07, 6.45) is 2.18. The predicted molar refractivity (Wildman–Crippen MR) is 124 cm³/mol. The standard InChI is InChI=1S/C22H18Br2N2O6/c1-3-12-4-6-14(7-5-12)26-21(29)15(20(28)25-22(26)30)8-13-9-16(23)19(17(24)10-13)32-11-18(27)31-2/h4-10H,3,11H2,1-2H3,(H,25,28,30)/b15-8-. The molecule has 0 atom stereocenters. The van der Waals surface area contributed by atoms with Crippen LogP contribution in [0.15, 0.2) is 50.9 Å². The molecule has 166 valence electrons. The number of amides is 4. The molecule has 1 saturated heterocycles. The summed E-state index contributed by atoms with van der Waals surface area (Å²) in [6, 6.07) is 9.36. The number of benzene rings is 2. The maximum atomic E-state index is 13.0. The number of barbiturate groups is 1. The molecule has 0 aromatic heterocycles. The smallest absolute Gasteiger partial charge is 0.343 e. The summed E-state index contributed by atoms with van der Waals surface area (Å²) in [5, 5.41) is 2.20. The molecule has 0 bridgehead atoms. The quantitative estimate of drug-likeness (QED) is 0.323. The van der Waals surface area contributed by atoms with Crippen molar-refractivity contribution in [1.29, 1.82) is 0 Å². The van der Waals surface area contributed by atoms with Gasteiger partial charge in [-0.2, -0.15) is 0 Å². The van der Waals surface area contributed by atoms with Gasteiger partial charge in [-0.15, -0.1) is 0 Å². The highest BCUT2D eigenvalue weighted by Crippen LogP contribution is 2.35. The third-order valence-corrected chi connectivity index (χ3v) is 5.78. The molecule has 3 rings (SSSR count). The molecule has 0 radical (unpaired) electrons. The molecule has 0 unspecified atom stereocenters. The van der Waals surface area contributed by atoms with E-state index >= 15 is 0 Å². The minimum atomic E-state index is -0.810. The van der Waals surface area contributed by atoms with Crippen molar-refractivity contribution in [2.24, 2.45) is 0 Å². The van der Waals surface area contributed by atoms with Crippen LogP contribution in [0.1, 0.15) is 18.1 Å². The van der Waals surface area contributed by atoms with E-state index in [1.807, 2.05) is 19.1 Å². The zero-order valence-electron chi connectivity index (χ0n) is 17.1. The van der Waals surface area contributed by atoms with Crippen LogP contribution >= 0.6 is 31.9 Å². The summed E-state index contributed by atoms with van der Waals surface area (Å²) in [4.78, 5) is 50.0. The molecule has 8 nitrogen and oxygen atoms in total. The first-order valence-electron chi connectivity index (χ1n) is 9.44. The maximum Gasteiger partial charge on any atom is 0.343 e. The van der Waals surface area contributed by atoms with Crippen LogP contribution in [-0.2, 0) is 25.5 Å². The third-order valence-electron chi connectivity index (χ3n) is 4.60. The molecule has 1 aliphatic rings. The summed E-state index contributed by atoms with van der Waals surface area (Å²) in [6.45, 7) is 1.71. The van der Waals surface area contributed by atoms with Gasteiger partial charge in [0.15, 0.2) is 6.61 Å². The van der Waals surface area contributed by atoms with Crippen LogP contribution in [0.3, 0.4) is 0 Å². The molecule has 1 aliphatic heterocycles. The van der Waals surface area contributed by atoms with Gasteiger partial charge in [0.2, 0.25) is 0 Å². The molecule has 1 fully saturated rings. The average molecular weight is 566 g/mol. The Morgan fingerprint density at radius 2 is 1.72 bits per heavy atom. The van der Waals surface area contributed by atoms with Crippen LogP contribution in [0.2, 0.25) is 0 Å². The number of nitrogens with zero attached hydrogens (tertiary/aromatic N) is 1. The van der Waals surface area contributed by atoms with Crippen molar-refractivity contribution in [2.45, 2.75) is 13.3 Å². The van der Waals surface area contributed by atoms with E-state index in [0.29, 0.717) is 25.9 Å². The van der Waals surface area contributed by atoms with Gasteiger partial charge in [-0.3, -0.25) is 14.9 Å². The highest BCUT2D eigenvalue weighted by atomic mass is 79.9. The predicted octanol–water partition coefficient (Wildman–Crippen LogP) is 3.99. The van der Waals surface area contributed by atoms with Gasteiger partial charge in [0, 0.05) is 0 Å². The fourth-order valence-corrected chi connectivity index (χ4v) is 4.38. The molecule has 32 heavy (non-hydrogen) atoms.